The number of halogens is 5. The lowest BCUT2D eigenvalue weighted by molar-refractivity contribution is -0.276. The minimum absolute atomic E-state index is 0.102. The maximum Gasteiger partial charge on any atom is 0.574 e. The van der Waals surface area contributed by atoms with Crippen molar-refractivity contribution in [1.82, 2.24) is 4.98 Å². The summed E-state index contributed by atoms with van der Waals surface area (Å²) in [6.45, 7) is 0. The lowest BCUT2D eigenvalue weighted by Crippen LogP contribution is -2.20. The average Bonchev–Trinajstić information content (AvgIpc) is 1.96. The summed E-state index contributed by atoms with van der Waals surface area (Å²) in [6, 6.07) is 1.08. The van der Waals surface area contributed by atoms with Gasteiger partial charge in [-0.3, -0.25) is 4.79 Å². The normalized spacial score (nSPS) is 11.5. The molecule has 0 saturated carbocycles. The zero-order valence-corrected chi connectivity index (χ0v) is 9.46. The first-order chi connectivity index (χ1) is 6.29. The zero-order chi connectivity index (χ0) is 10.9. The third-order valence-corrected chi connectivity index (χ3v) is 2.30. The molecule has 0 aliphatic carbocycles. The smallest absolute Gasteiger partial charge is 0.389 e. The Labute approximate surface area is 92.5 Å². The van der Waals surface area contributed by atoms with Crippen LogP contribution in [0.25, 0.3) is 0 Å². The second-order valence-corrected chi connectivity index (χ2v) is 3.82. The monoisotopic (exact) mass is 335 g/mol. The van der Waals surface area contributed by atoms with Gasteiger partial charge in [-0.05, 0) is 31.9 Å². The van der Waals surface area contributed by atoms with Gasteiger partial charge in [-0.2, -0.15) is 0 Å². The molecule has 1 heterocycles. The van der Waals surface area contributed by atoms with Crippen LogP contribution >= 0.6 is 31.9 Å². The molecule has 0 fully saturated rings. The Morgan fingerprint density at radius 2 is 1.93 bits per heavy atom. The number of H-pyrrole nitrogens is 1. The van der Waals surface area contributed by atoms with Crippen molar-refractivity contribution in [2.45, 2.75) is 6.36 Å². The standard InChI is InChI=1S/C6H2Br2F3NO2/c7-3-1-2(13)4(8)5(12-3)14-6(9,10)11/h1H,(H,12,13). The van der Waals surface area contributed by atoms with Gasteiger partial charge in [0.25, 0.3) is 0 Å². The van der Waals surface area contributed by atoms with Crippen LogP contribution in [0, 0.1) is 0 Å². The summed E-state index contributed by atoms with van der Waals surface area (Å²) >= 11 is 5.51. The molecule has 0 amide bonds. The predicted molar refractivity (Wildman–Crippen MR) is 49.1 cm³/mol. The van der Waals surface area contributed by atoms with Crippen LogP contribution in [0.5, 0.6) is 5.88 Å². The molecule has 0 radical (unpaired) electrons. The van der Waals surface area contributed by atoms with Gasteiger partial charge in [-0.25, -0.2) is 0 Å². The molecule has 1 aromatic heterocycles. The first-order valence-electron chi connectivity index (χ1n) is 3.13. The van der Waals surface area contributed by atoms with E-state index in [0.717, 1.165) is 6.07 Å². The van der Waals surface area contributed by atoms with Gasteiger partial charge in [0.05, 0.1) is 4.60 Å². The van der Waals surface area contributed by atoms with Crippen molar-refractivity contribution < 1.29 is 17.9 Å². The number of ether oxygens (including phenoxy) is 1. The Bertz CT molecular complexity index is 401. The van der Waals surface area contributed by atoms with E-state index in [1.807, 2.05) is 0 Å². The summed E-state index contributed by atoms with van der Waals surface area (Å²) < 4.78 is 38.8. The molecular weight excluding hydrogens is 335 g/mol. The average molecular weight is 337 g/mol. The highest BCUT2D eigenvalue weighted by Gasteiger charge is 2.32. The van der Waals surface area contributed by atoms with E-state index in [1.54, 1.807) is 0 Å². The van der Waals surface area contributed by atoms with Crippen LogP contribution in [0.4, 0.5) is 13.2 Å². The molecule has 1 rings (SSSR count). The van der Waals surface area contributed by atoms with Gasteiger partial charge in [0.1, 0.15) is 4.47 Å². The van der Waals surface area contributed by atoms with Crippen LogP contribution in [-0.2, 0) is 0 Å². The minimum Gasteiger partial charge on any atom is -0.389 e. The fourth-order valence-corrected chi connectivity index (χ4v) is 1.36. The molecule has 8 heteroatoms. The summed E-state index contributed by atoms with van der Waals surface area (Å²) in [6.07, 6.45) is -4.84. The molecule has 0 spiro atoms. The lowest BCUT2D eigenvalue weighted by Gasteiger charge is -2.09. The van der Waals surface area contributed by atoms with Gasteiger partial charge in [0, 0.05) is 6.07 Å². The molecule has 0 aliphatic heterocycles. The highest BCUT2D eigenvalue weighted by molar-refractivity contribution is 9.11. The summed E-state index contributed by atoms with van der Waals surface area (Å²) in [5.74, 6) is -0.683. The molecule has 0 unspecified atom stereocenters. The zero-order valence-electron chi connectivity index (χ0n) is 6.28. The third-order valence-electron chi connectivity index (χ3n) is 1.12. The maximum atomic E-state index is 11.8. The Kier molecular flexibility index (Phi) is 3.25. The van der Waals surface area contributed by atoms with Gasteiger partial charge in [-0.1, -0.05) is 0 Å². The highest BCUT2D eigenvalue weighted by atomic mass is 79.9. The van der Waals surface area contributed by atoms with Crippen LogP contribution < -0.4 is 10.2 Å². The Morgan fingerprint density at radius 3 is 2.43 bits per heavy atom. The number of rotatable bonds is 1. The van der Waals surface area contributed by atoms with E-state index in [-0.39, 0.29) is 9.08 Å². The van der Waals surface area contributed by atoms with Crippen molar-refractivity contribution >= 4 is 31.9 Å². The molecule has 0 bridgehead atoms. The summed E-state index contributed by atoms with van der Waals surface area (Å²) in [5.41, 5.74) is -0.616. The summed E-state index contributed by atoms with van der Waals surface area (Å²) in [4.78, 5) is 13.2. The van der Waals surface area contributed by atoms with Crippen molar-refractivity contribution in [2.24, 2.45) is 0 Å². The number of pyridine rings is 1. The first-order valence-corrected chi connectivity index (χ1v) is 4.72. The van der Waals surface area contributed by atoms with Crippen molar-refractivity contribution in [3.63, 3.8) is 0 Å². The quantitative estimate of drug-likeness (QED) is 0.801. The topological polar surface area (TPSA) is 42.1 Å². The molecule has 3 nitrogen and oxygen atoms in total. The molecule has 1 aromatic rings. The van der Waals surface area contributed by atoms with E-state index in [4.69, 9.17) is 0 Å². The van der Waals surface area contributed by atoms with E-state index in [9.17, 15) is 18.0 Å². The van der Waals surface area contributed by atoms with E-state index in [0.29, 0.717) is 0 Å². The van der Waals surface area contributed by atoms with Gasteiger partial charge in [0.2, 0.25) is 11.3 Å². The van der Waals surface area contributed by atoms with Crippen molar-refractivity contribution in [3.8, 4) is 5.88 Å². The van der Waals surface area contributed by atoms with Crippen molar-refractivity contribution in [2.75, 3.05) is 0 Å². The summed E-state index contributed by atoms with van der Waals surface area (Å²) in [7, 11) is 0. The van der Waals surface area contributed by atoms with Crippen LogP contribution in [0.15, 0.2) is 19.9 Å². The Morgan fingerprint density at radius 1 is 1.36 bits per heavy atom. The van der Waals surface area contributed by atoms with Gasteiger partial charge < -0.3 is 9.72 Å². The van der Waals surface area contributed by atoms with E-state index in [1.165, 1.54) is 0 Å². The first kappa shape index (κ1) is 11.6. The number of hydrogen-bond acceptors (Lipinski definition) is 2. The van der Waals surface area contributed by atoms with Crippen molar-refractivity contribution in [3.05, 3.63) is 25.4 Å². The van der Waals surface area contributed by atoms with E-state index in [2.05, 4.69) is 41.6 Å². The fraction of sp³-hybridized carbons (Fsp3) is 0.167. The van der Waals surface area contributed by atoms with Crippen LogP contribution in [-0.4, -0.2) is 11.3 Å². The number of alkyl halides is 3. The maximum absolute atomic E-state index is 11.8. The number of nitrogens with one attached hydrogen (secondary N) is 1. The number of hydrogen-bond donors (Lipinski definition) is 1. The molecule has 14 heavy (non-hydrogen) atoms. The molecule has 0 aromatic carbocycles. The lowest BCUT2D eigenvalue weighted by atomic mass is 10.5. The minimum atomic E-state index is -4.84. The second-order valence-electron chi connectivity index (χ2n) is 2.17. The predicted octanol–water partition coefficient (Wildman–Crippen LogP) is 2.80. The number of aromatic nitrogens is 1. The molecule has 78 valence electrons. The number of aromatic amines is 1. The SMILES string of the molecule is O=c1cc(Br)[nH]c(OC(F)(F)F)c1Br. The van der Waals surface area contributed by atoms with Gasteiger partial charge in [0.15, 0.2) is 0 Å². The fourth-order valence-electron chi connectivity index (χ4n) is 0.676. The molecule has 0 aliphatic rings. The second kappa shape index (κ2) is 3.93. The van der Waals surface area contributed by atoms with Gasteiger partial charge >= 0.3 is 6.36 Å². The molecule has 0 atom stereocenters. The van der Waals surface area contributed by atoms with Crippen LogP contribution in [0.1, 0.15) is 0 Å². The van der Waals surface area contributed by atoms with Crippen molar-refractivity contribution in [1.29, 1.82) is 0 Å². The van der Waals surface area contributed by atoms with Crippen LogP contribution in [0.2, 0.25) is 0 Å². The van der Waals surface area contributed by atoms with E-state index >= 15 is 0 Å². The molecule has 1 N–H and O–H groups in total. The molecular formula is C6H2Br2F3NO2. The van der Waals surface area contributed by atoms with E-state index < -0.39 is 17.7 Å². The van der Waals surface area contributed by atoms with Gasteiger partial charge in [-0.15, -0.1) is 13.2 Å². The highest BCUT2D eigenvalue weighted by Crippen LogP contribution is 2.26. The largest absolute Gasteiger partial charge is 0.574 e. The summed E-state index contributed by atoms with van der Waals surface area (Å²) in [5, 5.41) is 0. The third kappa shape index (κ3) is 3.02. The Balaban J connectivity index is 3.15. The molecule has 0 saturated heterocycles. The van der Waals surface area contributed by atoms with Crippen LogP contribution in [0.3, 0.4) is 0 Å². The Hall–Kier alpha value is -0.500.